The zero-order chi connectivity index (χ0) is 13.1. The average Bonchev–Trinajstić information content (AvgIpc) is 2.83. The predicted octanol–water partition coefficient (Wildman–Crippen LogP) is 4.50. The molecule has 0 saturated heterocycles. The highest BCUT2D eigenvalue weighted by Gasteiger charge is 2.19. The summed E-state index contributed by atoms with van der Waals surface area (Å²) in [6.45, 7) is 0. The Kier molecular flexibility index (Phi) is 4.14. The van der Waals surface area contributed by atoms with Gasteiger partial charge in [-0.2, -0.15) is 0 Å². The van der Waals surface area contributed by atoms with E-state index in [1.54, 1.807) is 31.4 Å². The molecule has 2 aromatic rings. The summed E-state index contributed by atoms with van der Waals surface area (Å²) < 4.78 is 30.5. The van der Waals surface area contributed by atoms with Gasteiger partial charge in [0.2, 0.25) is 0 Å². The third-order valence-corrected chi connectivity index (χ3v) is 3.94. The number of rotatable bonds is 4. The van der Waals surface area contributed by atoms with Crippen LogP contribution in [-0.2, 0) is 5.88 Å². The Hall–Kier alpha value is -1.20. The van der Waals surface area contributed by atoms with Gasteiger partial charge in [-0.15, -0.1) is 22.9 Å². The first-order valence-electron chi connectivity index (χ1n) is 5.14. The number of methoxy groups -OCH3 is 1. The number of benzene rings is 1. The number of nitrogens with zero attached hydrogens (tertiary/aromatic N) is 1. The standard InChI is InChI=1S/C12H10ClF2NOS/c1-17-8-4-2-7(3-5-8)12-16-10(11(14)15)9(6-13)18-12/h2-5,11H,6H2,1H3. The minimum absolute atomic E-state index is 0.0491. The summed E-state index contributed by atoms with van der Waals surface area (Å²) in [5.74, 6) is 0.759. The van der Waals surface area contributed by atoms with Gasteiger partial charge in [-0.05, 0) is 24.3 Å². The van der Waals surface area contributed by atoms with E-state index in [4.69, 9.17) is 16.3 Å². The van der Waals surface area contributed by atoms with Crippen molar-refractivity contribution >= 4 is 22.9 Å². The van der Waals surface area contributed by atoms with Gasteiger partial charge in [-0.25, -0.2) is 13.8 Å². The van der Waals surface area contributed by atoms with E-state index in [-0.39, 0.29) is 11.6 Å². The summed E-state index contributed by atoms with van der Waals surface area (Å²) in [4.78, 5) is 4.36. The molecule has 2 rings (SSSR count). The Morgan fingerprint density at radius 2 is 2.00 bits per heavy atom. The van der Waals surface area contributed by atoms with Gasteiger partial charge in [0, 0.05) is 10.4 Å². The summed E-state index contributed by atoms with van der Waals surface area (Å²) >= 11 is 6.83. The van der Waals surface area contributed by atoms with E-state index in [1.165, 1.54) is 11.3 Å². The fourth-order valence-corrected chi connectivity index (χ4v) is 2.71. The fourth-order valence-electron chi connectivity index (χ4n) is 1.49. The maximum Gasteiger partial charge on any atom is 0.281 e. The molecule has 0 saturated carbocycles. The van der Waals surface area contributed by atoms with Crippen LogP contribution in [0.2, 0.25) is 0 Å². The summed E-state index contributed by atoms with van der Waals surface area (Å²) in [5.41, 5.74) is 0.555. The van der Waals surface area contributed by atoms with E-state index in [2.05, 4.69) is 4.98 Å². The number of aromatic nitrogens is 1. The zero-order valence-corrected chi connectivity index (χ0v) is 11.1. The lowest BCUT2D eigenvalue weighted by Crippen LogP contribution is -1.88. The maximum absolute atomic E-state index is 12.7. The van der Waals surface area contributed by atoms with Crippen molar-refractivity contribution in [2.75, 3.05) is 7.11 Å². The van der Waals surface area contributed by atoms with Crippen molar-refractivity contribution < 1.29 is 13.5 Å². The maximum atomic E-state index is 12.7. The average molecular weight is 290 g/mol. The van der Waals surface area contributed by atoms with Gasteiger partial charge in [0.1, 0.15) is 16.5 Å². The molecule has 0 atom stereocenters. The van der Waals surface area contributed by atoms with Crippen molar-refractivity contribution in [3.05, 3.63) is 34.8 Å². The van der Waals surface area contributed by atoms with Crippen LogP contribution in [0.15, 0.2) is 24.3 Å². The molecule has 0 bridgehead atoms. The molecule has 0 unspecified atom stereocenters. The van der Waals surface area contributed by atoms with Gasteiger partial charge >= 0.3 is 0 Å². The van der Waals surface area contributed by atoms with Crippen LogP contribution in [0.3, 0.4) is 0 Å². The second-order valence-electron chi connectivity index (χ2n) is 3.49. The predicted molar refractivity (Wildman–Crippen MR) is 68.6 cm³/mol. The molecule has 1 aromatic carbocycles. The highest BCUT2D eigenvalue weighted by molar-refractivity contribution is 7.15. The monoisotopic (exact) mass is 289 g/mol. The zero-order valence-electron chi connectivity index (χ0n) is 9.49. The molecule has 0 aliphatic heterocycles. The molecule has 0 amide bonds. The Balaban J connectivity index is 2.37. The summed E-state index contributed by atoms with van der Waals surface area (Å²) in [7, 11) is 1.57. The first-order chi connectivity index (χ1) is 8.65. The van der Waals surface area contributed by atoms with E-state index in [0.29, 0.717) is 15.6 Å². The Bertz CT molecular complexity index is 527. The summed E-state index contributed by atoms with van der Waals surface area (Å²) in [6, 6.07) is 7.09. The molecule has 6 heteroatoms. The molecule has 1 heterocycles. The third kappa shape index (κ3) is 2.62. The minimum Gasteiger partial charge on any atom is -0.497 e. The smallest absolute Gasteiger partial charge is 0.281 e. The van der Waals surface area contributed by atoms with Crippen molar-refractivity contribution in [2.45, 2.75) is 12.3 Å². The van der Waals surface area contributed by atoms with Gasteiger partial charge < -0.3 is 4.74 Å². The molecule has 0 fully saturated rings. The highest BCUT2D eigenvalue weighted by Crippen LogP contribution is 2.34. The van der Waals surface area contributed by atoms with Gasteiger partial charge in [-0.1, -0.05) is 0 Å². The van der Waals surface area contributed by atoms with Crippen LogP contribution in [-0.4, -0.2) is 12.1 Å². The quantitative estimate of drug-likeness (QED) is 0.773. The number of halogens is 3. The highest BCUT2D eigenvalue weighted by atomic mass is 35.5. The molecule has 0 aliphatic rings. The minimum atomic E-state index is -2.60. The second kappa shape index (κ2) is 5.63. The molecule has 0 N–H and O–H groups in total. The van der Waals surface area contributed by atoms with E-state index in [0.717, 1.165) is 5.56 Å². The van der Waals surface area contributed by atoms with Crippen molar-refractivity contribution in [2.24, 2.45) is 0 Å². The molecule has 0 aliphatic carbocycles. The molecule has 1 aromatic heterocycles. The van der Waals surface area contributed by atoms with Crippen LogP contribution in [0.25, 0.3) is 10.6 Å². The van der Waals surface area contributed by atoms with Gasteiger partial charge in [0.05, 0.1) is 13.0 Å². The van der Waals surface area contributed by atoms with E-state index in [1.807, 2.05) is 0 Å². The van der Waals surface area contributed by atoms with Crippen LogP contribution in [0.1, 0.15) is 17.0 Å². The van der Waals surface area contributed by atoms with Crippen molar-refractivity contribution in [3.63, 3.8) is 0 Å². The lowest BCUT2D eigenvalue weighted by molar-refractivity contribution is 0.146. The van der Waals surface area contributed by atoms with Crippen LogP contribution in [0, 0.1) is 0 Å². The SMILES string of the molecule is COc1ccc(-c2nc(C(F)F)c(CCl)s2)cc1. The van der Waals surface area contributed by atoms with Gasteiger partial charge in [0.15, 0.2) is 0 Å². The number of thiazole rings is 1. The molecule has 2 nitrogen and oxygen atoms in total. The normalized spacial score (nSPS) is 10.9. The van der Waals surface area contributed by atoms with E-state index >= 15 is 0 Å². The van der Waals surface area contributed by atoms with Crippen molar-refractivity contribution in [1.29, 1.82) is 0 Å². The molecule has 18 heavy (non-hydrogen) atoms. The Morgan fingerprint density at radius 3 is 2.44 bits per heavy atom. The Morgan fingerprint density at radius 1 is 1.33 bits per heavy atom. The lowest BCUT2D eigenvalue weighted by atomic mass is 10.2. The lowest BCUT2D eigenvalue weighted by Gasteiger charge is -2.00. The number of alkyl halides is 3. The van der Waals surface area contributed by atoms with E-state index in [9.17, 15) is 8.78 Å². The number of ether oxygens (including phenoxy) is 1. The van der Waals surface area contributed by atoms with Gasteiger partial charge in [-0.3, -0.25) is 0 Å². The van der Waals surface area contributed by atoms with Crippen LogP contribution < -0.4 is 4.74 Å². The third-order valence-electron chi connectivity index (χ3n) is 2.39. The summed E-state index contributed by atoms with van der Waals surface area (Å²) in [5, 5.41) is 0.545. The van der Waals surface area contributed by atoms with Crippen molar-refractivity contribution in [1.82, 2.24) is 4.98 Å². The summed E-state index contributed by atoms with van der Waals surface area (Å²) in [6.07, 6.45) is -2.60. The molecular weight excluding hydrogens is 280 g/mol. The van der Waals surface area contributed by atoms with Crippen LogP contribution in [0.4, 0.5) is 8.78 Å². The second-order valence-corrected chi connectivity index (χ2v) is 4.84. The van der Waals surface area contributed by atoms with E-state index < -0.39 is 6.43 Å². The Labute approximate surface area is 112 Å². The number of hydrogen-bond acceptors (Lipinski definition) is 3. The topological polar surface area (TPSA) is 22.1 Å². The first kappa shape index (κ1) is 13.2. The fraction of sp³-hybridized carbons (Fsp3) is 0.250. The number of hydrogen-bond donors (Lipinski definition) is 0. The van der Waals surface area contributed by atoms with Crippen molar-refractivity contribution in [3.8, 4) is 16.3 Å². The molecule has 96 valence electrons. The van der Waals surface area contributed by atoms with Crippen LogP contribution in [0.5, 0.6) is 5.75 Å². The van der Waals surface area contributed by atoms with Crippen LogP contribution >= 0.6 is 22.9 Å². The largest absolute Gasteiger partial charge is 0.497 e. The van der Waals surface area contributed by atoms with Gasteiger partial charge in [0.25, 0.3) is 6.43 Å². The molecule has 0 spiro atoms. The molecular formula is C12H10ClF2NOS. The molecule has 0 radical (unpaired) electrons. The first-order valence-corrected chi connectivity index (χ1v) is 6.49.